The van der Waals surface area contributed by atoms with Gasteiger partial charge in [-0.25, -0.2) is 0 Å². The van der Waals surface area contributed by atoms with E-state index in [4.69, 9.17) is 4.74 Å². The molecule has 0 saturated heterocycles. The van der Waals surface area contributed by atoms with E-state index in [1.165, 1.54) is 11.3 Å². The molecule has 5 heteroatoms. The number of aromatic nitrogens is 2. The fourth-order valence-electron chi connectivity index (χ4n) is 0.953. The number of benzene rings is 1. The smallest absolute Gasteiger partial charge is 0.183 e. The van der Waals surface area contributed by atoms with E-state index in [1.54, 1.807) is 0 Å². The molecule has 0 aliphatic rings. The number of rotatable bonds is 3. The van der Waals surface area contributed by atoms with Gasteiger partial charge in [0.05, 0.1) is 0 Å². The van der Waals surface area contributed by atoms with E-state index >= 15 is 0 Å². The number of hydrogen-bond donors (Lipinski definition) is 0. The van der Waals surface area contributed by atoms with E-state index in [0.29, 0.717) is 6.61 Å². The zero-order chi connectivity index (χ0) is 9.80. The van der Waals surface area contributed by atoms with Crippen LogP contribution in [-0.4, -0.2) is 10.2 Å². The van der Waals surface area contributed by atoms with Crippen molar-refractivity contribution in [3.63, 3.8) is 0 Å². The lowest BCUT2D eigenvalue weighted by atomic mass is 10.3. The fourth-order valence-corrected chi connectivity index (χ4v) is 2.07. The molecular formula is C9H7BrN2OS. The van der Waals surface area contributed by atoms with Crippen molar-refractivity contribution in [3.05, 3.63) is 39.3 Å². The lowest BCUT2D eigenvalue weighted by molar-refractivity contribution is 0.304. The monoisotopic (exact) mass is 270 g/mol. The molecule has 0 saturated carbocycles. The van der Waals surface area contributed by atoms with E-state index in [-0.39, 0.29) is 0 Å². The van der Waals surface area contributed by atoms with Gasteiger partial charge < -0.3 is 4.74 Å². The predicted molar refractivity (Wildman–Crippen MR) is 58.4 cm³/mol. The summed E-state index contributed by atoms with van der Waals surface area (Å²) in [5.41, 5.74) is 0. The lowest BCUT2D eigenvalue weighted by Crippen LogP contribution is -1.94. The molecule has 1 aromatic carbocycles. The van der Waals surface area contributed by atoms with E-state index in [0.717, 1.165) is 14.7 Å². The van der Waals surface area contributed by atoms with E-state index < -0.39 is 0 Å². The van der Waals surface area contributed by atoms with Gasteiger partial charge in [0.1, 0.15) is 12.4 Å². The Hall–Kier alpha value is -0.940. The fraction of sp³-hybridized carbons (Fsp3) is 0.111. The quantitative estimate of drug-likeness (QED) is 0.861. The molecule has 0 unspecified atom stereocenters. The summed E-state index contributed by atoms with van der Waals surface area (Å²) >= 11 is 4.72. The van der Waals surface area contributed by atoms with Crippen LogP contribution in [-0.2, 0) is 6.61 Å². The van der Waals surface area contributed by atoms with Crippen molar-refractivity contribution in [3.8, 4) is 5.75 Å². The highest BCUT2D eigenvalue weighted by molar-refractivity contribution is 9.11. The highest BCUT2D eigenvalue weighted by Crippen LogP contribution is 2.17. The maximum Gasteiger partial charge on any atom is 0.183 e. The van der Waals surface area contributed by atoms with Crippen LogP contribution in [0, 0.1) is 0 Å². The van der Waals surface area contributed by atoms with Crippen LogP contribution in [0.4, 0.5) is 0 Å². The zero-order valence-electron chi connectivity index (χ0n) is 7.18. The summed E-state index contributed by atoms with van der Waals surface area (Å²) in [6.07, 6.45) is 0. The average molecular weight is 271 g/mol. The third kappa shape index (κ3) is 2.52. The van der Waals surface area contributed by atoms with Crippen LogP contribution in [0.15, 0.2) is 34.2 Å². The maximum absolute atomic E-state index is 5.49. The van der Waals surface area contributed by atoms with Crippen molar-refractivity contribution in [2.75, 3.05) is 0 Å². The van der Waals surface area contributed by atoms with Crippen molar-refractivity contribution in [2.45, 2.75) is 6.61 Å². The second-order valence-corrected chi connectivity index (χ2v) is 4.89. The highest BCUT2D eigenvalue weighted by atomic mass is 79.9. The highest BCUT2D eigenvalue weighted by Gasteiger charge is 2.01. The van der Waals surface area contributed by atoms with Crippen LogP contribution in [0.25, 0.3) is 0 Å². The first-order chi connectivity index (χ1) is 6.84. The molecule has 0 amide bonds. The van der Waals surface area contributed by atoms with Crippen molar-refractivity contribution in [2.24, 2.45) is 0 Å². The van der Waals surface area contributed by atoms with Crippen molar-refractivity contribution in [1.29, 1.82) is 0 Å². The van der Waals surface area contributed by atoms with Crippen molar-refractivity contribution >= 4 is 27.3 Å². The standard InChI is InChI=1S/C9H7BrN2OS/c10-9-12-11-8(14-9)6-13-7-4-2-1-3-5-7/h1-5H,6H2. The van der Waals surface area contributed by atoms with E-state index in [2.05, 4.69) is 26.1 Å². The first-order valence-corrected chi connectivity index (χ1v) is 5.61. The van der Waals surface area contributed by atoms with Crippen LogP contribution in [0.1, 0.15) is 5.01 Å². The Kier molecular flexibility index (Phi) is 3.10. The molecule has 0 fully saturated rings. The summed E-state index contributed by atoms with van der Waals surface area (Å²) in [6.45, 7) is 0.466. The summed E-state index contributed by atoms with van der Waals surface area (Å²) < 4.78 is 6.27. The Morgan fingerprint density at radius 1 is 1.21 bits per heavy atom. The Bertz CT molecular complexity index is 404. The topological polar surface area (TPSA) is 35.0 Å². The second-order valence-electron chi connectivity index (χ2n) is 2.55. The molecular weight excluding hydrogens is 264 g/mol. The largest absolute Gasteiger partial charge is 0.486 e. The minimum atomic E-state index is 0.466. The number of nitrogens with zero attached hydrogens (tertiary/aromatic N) is 2. The average Bonchev–Trinajstić information content (AvgIpc) is 2.63. The molecule has 1 heterocycles. The SMILES string of the molecule is Brc1nnc(COc2ccccc2)s1. The number of halogens is 1. The van der Waals surface area contributed by atoms with Gasteiger partial charge in [-0.2, -0.15) is 0 Å². The zero-order valence-corrected chi connectivity index (χ0v) is 9.59. The van der Waals surface area contributed by atoms with Gasteiger partial charge in [0.15, 0.2) is 8.92 Å². The van der Waals surface area contributed by atoms with Gasteiger partial charge in [0.2, 0.25) is 0 Å². The Morgan fingerprint density at radius 3 is 2.64 bits per heavy atom. The molecule has 0 bridgehead atoms. The van der Waals surface area contributed by atoms with Gasteiger partial charge in [0, 0.05) is 0 Å². The summed E-state index contributed by atoms with van der Waals surface area (Å²) in [7, 11) is 0. The molecule has 0 aliphatic carbocycles. The number of ether oxygens (including phenoxy) is 1. The third-order valence-corrected chi connectivity index (χ3v) is 2.88. The number of hydrogen-bond acceptors (Lipinski definition) is 4. The van der Waals surface area contributed by atoms with Crippen LogP contribution in [0.5, 0.6) is 5.75 Å². The van der Waals surface area contributed by atoms with Gasteiger partial charge in [-0.05, 0) is 28.1 Å². The predicted octanol–water partition coefficient (Wildman–Crippen LogP) is 2.88. The van der Waals surface area contributed by atoms with Gasteiger partial charge >= 0.3 is 0 Å². The molecule has 0 aliphatic heterocycles. The van der Waals surface area contributed by atoms with Crippen LogP contribution >= 0.6 is 27.3 Å². The van der Waals surface area contributed by atoms with E-state index in [1.807, 2.05) is 30.3 Å². The van der Waals surface area contributed by atoms with Gasteiger partial charge in [0.25, 0.3) is 0 Å². The first kappa shape index (κ1) is 9.61. The Labute approximate surface area is 93.9 Å². The first-order valence-electron chi connectivity index (χ1n) is 4.00. The third-order valence-electron chi connectivity index (χ3n) is 1.55. The van der Waals surface area contributed by atoms with Crippen LogP contribution in [0.3, 0.4) is 0 Å². The molecule has 1 aromatic heterocycles. The van der Waals surface area contributed by atoms with Gasteiger partial charge in [-0.3, -0.25) is 0 Å². The summed E-state index contributed by atoms with van der Waals surface area (Å²) in [5, 5.41) is 8.62. The van der Waals surface area contributed by atoms with Gasteiger partial charge in [-0.15, -0.1) is 10.2 Å². The molecule has 14 heavy (non-hydrogen) atoms. The molecule has 0 spiro atoms. The molecule has 0 atom stereocenters. The van der Waals surface area contributed by atoms with Crippen molar-refractivity contribution < 1.29 is 4.74 Å². The van der Waals surface area contributed by atoms with Crippen LogP contribution in [0.2, 0.25) is 0 Å². The molecule has 2 aromatic rings. The van der Waals surface area contributed by atoms with E-state index in [9.17, 15) is 0 Å². The Balaban J connectivity index is 1.95. The maximum atomic E-state index is 5.49. The van der Waals surface area contributed by atoms with Gasteiger partial charge in [-0.1, -0.05) is 29.5 Å². The van der Waals surface area contributed by atoms with Crippen molar-refractivity contribution in [1.82, 2.24) is 10.2 Å². The molecule has 72 valence electrons. The molecule has 3 nitrogen and oxygen atoms in total. The summed E-state index contributed by atoms with van der Waals surface area (Å²) in [5.74, 6) is 0.846. The summed E-state index contributed by atoms with van der Waals surface area (Å²) in [6, 6.07) is 9.65. The molecule has 0 radical (unpaired) electrons. The van der Waals surface area contributed by atoms with Crippen LogP contribution < -0.4 is 4.74 Å². The Morgan fingerprint density at radius 2 is 2.00 bits per heavy atom. The second kappa shape index (κ2) is 4.52. The minimum absolute atomic E-state index is 0.466. The molecule has 0 N–H and O–H groups in total. The normalized spacial score (nSPS) is 10.1. The lowest BCUT2D eigenvalue weighted by Gasteiger charge is -2.01. The number of para-hydroxylation sites is 1. The summed E-state index contributed by atoms with van der Waals surface area (Å²) in [4.78, 5) is 0. The minimum Gasteiger partial charge on any atom is -0.486 e. The molecule has 2 rings (SSSR count).